The highest BCUT2D eigenvalue weighted by Crippen LogP contribution is 2.16. The fourth-order valence-electron chi connectivity index (χ4n) is 1.74. The third-order valence-electron chi connectivity index (χ3n) is 2.73. The zero-order valence-electron chi connectivity index (χ0n) is 10.2. The van der Waals surface area contributed by atoms with Crippen LogP contribution in [0.2, 0.25) is 0 Å². The van der Waals surface area contributed by atoms with Gasteiger partial charge in [-0.1, -0.05) is 45.4 Å². The van der Waals surface area contributed by atoms with E-state index in [-0.39, 0.29) is 5.84 Å². The third-order valence-corrected chi connectivity index (χ3v) is 3.26. The molecule has 4 N–H and O–H groups in total. The second-order valence-electron chi connectivity index (χ2n) is 4.00. The molecule has 98 valence electrons. The molecule has 5 heteroatoms. The van der Waals surface area contributed by atoms with E-state index >= 15 is 0 Å². The number of oxime groups is 1. The molecule has 2 aromatic rings. The van der Waals surface area contributed by atoms with Crippen LogP contribution in [0.4, 0.5) is 5.69 Å². The van der Waals surface area contributed by atoms with Gasteiger partial charge < -0.3 is 16.3 Å². The standard InChI is InChI=1S/C14H14BrN3O/c15-11-5-7-12(8-6-11)17-9-10-3-1-2-4-13(10)14(16)18-19/h1-8,17,19H,9H2,(H2,16,18). The SMILES string of the molecule is NC(=NO)c1ccccc1CNc1ccc(Br)cc1. The smallest absolute Gasteiger partial charge is 0.170 e. The van der Waals surface area contributed by atoms with E-state index in [1.165, 1.54) is 0 Å². The first-order chi connectivity index (χ1) is 9.20. The summed E-state index contributed by atoms with van der Waals surface area (Å²) in [5.41, 5.74) is 8.37. The average Bonchev–Trinajstić information content (AvgIpc) is 2.46. The molecule has 0 radical (unpaired) electrons. The number of anilines is 1. The molecular weight excluding hydrogens is 306 g/mol. The van der Waals surface area contributed by atoms with Crippen LogP contribution >= 0.6 is 15.9 Å². The summed E-state index contributed by atoms with van der Waals surface area (Å²) in [5, 5.41) is 15.1. The van der Waals surface area contributed by atoms with Crippen LogP contribution in [0.15, 0.2) is 58.2 Å². The lowest BCUT2D eigenvalue weighted by Gasteiger charge is -2.10. The second kappa shape index (κ2) is 6.24. The maximum atomic E-state index is 8.77. The Morgan fingerprint density at radius 1 is 1.16 bits per heavy atom. The Kier molecular flexibility index (Phi) is 4.41. The number of nitrogens with one attached hydrogen (secondary N) is 1. The van der Waals surface area contributed by atoms with Crippen LogP contribution in [0, 0.1) is 0 Å². The Balaban J connectivity index is 2.13. The number of amidine groups is 1. The minimum absolute atomic E-state index is 0.119. The highest BCUT2D eigenvalue weighted by molar-refractivity contribution is 9.10. The van der Waals surface area contributed by atoms with Crippen LogP contribution in [-0.2, 0) is 6.54 Å². The van der Waals surface area contributed by atoms with E-state index in [1.807, 2.05) is 48.5 Å². The molecule has 0 fully saturated rings. The Bertz CT molecular complexity index is 581. The van der Waals surface area contributed by atoms with E-state index in [0.29, 0.717) is 6.54 Å². The summed E-state index contributed by atoms with van der Waals surface area (Å²) < 4.78 is 1.04. The van der Waals surface area contributed by atoms with Crippen molar-refractivity contribution in [2.75, 3.05) is 5.32 Å². The van der Waals surface area contributed by atoms with Gasteiger partial charge in [0.15, 0.2) is 5.84 Å². The molecule has 0 spiro atoms. The van der Waals surface area contributed by atoms with Gasteiger partial charge in [0, 0.05) is 22.3 Å². The normalized spacial score (nSPS) is 11.3. The predicted octanol–water partition coefficient (Wildman–Crippen LogP) is 3.16. The van der Waals surface area contributed by atoms with Crippen molar-refractivity contribution in [1.29, 1.82) is 0 Å². The van der Waals surface area contributed by atoms with Gasteiger partial charge in [-0.15, -0.1) is 0 Å². The molecule has 0 bridgehead atoms. The highest BCUT2D eigenvalue weighted by atomic mass is 79.9. The molecule has 4 nitrogen and oxygen atoms in total. The topological polar surface area (TPSA) is 70.6 Å². The molecule has 2 rings (SSSR count). The predicted molar refractivity (Wildman–Crippen MR) is 80.4 cm³/mol. The van der Waals surface area contributed by atoms with Gasteiger partial charge >= 0.3 is 0 Å². The molecule has 0 amide bonds. The van der Waals surface area contributed by atoms with Gasteiger partial charge in [0.25, 0.3) is 0 Å². The van der Waals surface area contributed by atoms with Gasteiger partial charge in [-0.05, 0) is 29.8 Å². The summed E-state index contributed by atoms with van der Waals surface area (Å²) in [4.78, 5) is 0. The van der Waals surface area contributed by atoms with E-state index in [0.717, 1.165) is 21.3 Å². The van der Waals surface area contributed by atoms with Crippen molar-refractivity contribution in [2.45, 2.75) is 6.54 Å². The summed E-state index contributed by atoms with van der Waals surface area (Å²) in [6.45, 7) is 0.605. The third kappa shape index (κ3) is 3.48. The van der Waals surface area contributed by atoms with Gasteiger partial charge in [-0.3, -0.25) is 0 Å². The van der Waals surface area contributed by atoms with E-state index in [4.69, 9.17) is 10.9 Å². The van der Waals surface area contributed by atoms with Gasteiger partial charge in [0.2, 0.25) is 0 Å². The minimum Gasteiger partial charge on any atom is -0.409 e. The maximum Gasteiger partial charge on any atom is 0.170 e. The first-order valence-electron chi connectivity index (χ1n) is 5.76. The molecule has 0 aliphatic rings. The Hall–Kier alpha value is -2.01. The Morgan fingerprint density at radius 2 is 1.84 bits per heavy atom. The number of nitrogens with two attached hydrogens (primary N) is 1. The van der Waals surface area contributed by atoms with Crippen molar-refractivity contribution < 1.29 is 5.21 Å². The summed E-state index contributed by atoms with van der Waals surface area (Å²) in [5.74, 6) is 0.119. The molecule has 0 heterocycles. The molecule has 0 saturated heterocycles. The van der Waals surface area contributed by atoms with Gasteiger partial charge in [0.05, 0.1) is 0 Å². The Morgan fingerprint density at radius 3 is 2.53 bits per heavy atom. The van der Waals surface area contributed by atoms with Crippen LogP contribution in [0.5, 0.6) is 0 Å². The lowest BCUT2D eigenvalue weighted by molar-refractivity contribution is 0.318. The van der Waals surface area contributed by atoms with E-state index < -0.39 is 0 Å². The first-order valence-corrected chi connectivity index (χ1v) is 6.55. The van der Waals surface area contributed by atoms with Crippen molar-refractivity contribution in [2.24, 2.45) is 10.9 Å². The molecular formula is C14H14BrN3O. The first kappa shape index (κ1) is 13.4. The lowest BCUT2D eigenvalue weighted by atomic mass is 10.1. The highest BCUT2D eigenvalue weighted by Gasteiger charge is 2.05. The maximum absolute atomic E-state index is 8.77. The summed E-state index contributed by atoms with van der Waals surface area (Å²) in [6, 6.07) is 15.5. The quantitative estimate of drug-likeness (QED) is 0.351. The minimum atomic E-state index is 0.119. The fraction of sp³-hybridized carbons (Fsp3) is 0.0714. The number of rotatable bonds is 4. The molecule has 2 aromatic carbocycles. The fourth-order valence-corrected chi connectivity index (χ4v) is 2.01. The molecule has 19 heavy (non-hydrogen) atoms. The summed E-state index contributed by atoms with van der Waals surface area (Å²) >= 11 is 3.39. The molecule has 0 aromatic heterocycles. The monoisotopic (exact) mass is 319 g/mol. The second-order valence-corrected chi connectivity index (χ2v) is 4.92. The zero-order valence-corrected chi connectivity index (χ0v) is 11.8. The average molecular weight is 320 g/mol. The van der Waals surface area contributed by atoms with Crippen molar-refractivity contribution in [3.05, 3.63) is 64.1 Å². The number of benzene rings is 2. The molecule has 0 atom stereocenters. The van der Waals surface area contributed by atoms with Gasteiger partial charge in [-0.2, -0.15) is 0 Å². The van der Waals surface area contributed by atoms with Crippen LogP contribution in [-0.4, -0.2) is 11.0 Å². The largest absolute Gasteiger partial charge is 0.409 e. The summed E-state index contributed by atoms with van der Waals surface area (Å²) in [6.07, 6.45) is 0. The van der Waals surface area contributed by atoms with Gasteiger partial charge in [-0.25, -0.2) is 0 Å². The van der Waals surface area contributed by atoms with Crippen molar-refractivity contribution in [3.8, 4) is 0 Å². The van der Waals surface area contributed by atoms with Crippen LogP contribution < -0.4 is 11.1 Å². The van der Waals surface area contributed by atoms with E-state index in [2.05, 4.69) is 26.4 Å². The van der Waals surface area contributed by atoms with E-state index in [1.54, 1.807) is 0 Å². The number of halogens is 1. The lowest BCUT2D eigenvalue weighted by Crippen LogP contribution is -2.16. The van der Waals surface area contributed by atoms with Crippen LogP contribution in [0.3, 0.4) is 0 Å². The number of nitrogens with zero attached hydrogens (tertiary/aromatic N) is 1. The number of hydrogen-bond donors (Lipinski definition) is 3. The Labute approximate surface area is 120 Å². The van der Waals surface area contributed by atoms with Crippen molar-refractivity contribution in [3.63, 3.8) is 0 Å². The zero-order chi connectivity index (χ0) is 13.7. The van der Waals surface area contributed by atoms with Crippen molar-refractivity contribution >= 4 is 27.5 Å². The van der Waals surface area contributed by atoms with Crippen molar-refractivity contribution in [1.82, 2.24) is 0 Å². The number of hydrogen-bond acceptors (Lipinski definition) is 3. The van der Waals surface area contributed by atoms with E-state index in [9.17, 15) is 0 Å². The molecule has 0 unspecified atom stereocenters. The van der Waals surface area contributed by atoms with Crippen LogP contribution in [0.25, 0.3) is 0 Å². The molecule has 0 aliphatic carbocycles. The molecule has 0 saturated carbocycles. The summed E-state index contributed by atoms with van der Waals surface area (Å²) in [7, 11) is 0. The molecule has 0 aliphatic heterocycles. The van der Waals surface area contributed by atoms with Crippen LogP contribution in [0.1, 0.15) is 11.1 Å². The van der Waals surface area contributed by atoms with Gasteiger partial charge in [0.1, 0.15) is 0 Å².